The number of nitrogens with zero attached hydrogens (tertiary/aromatic N) is 1. The second-order valence-corrected chi connectivity index (χ2v) is 5.54. The Morgan fingerprint density at radius 3 is 2.83 bits per heavy atom. The average molecular weight is 249 g/mol. The van der Waals surface area contributed by atoms with Crippen LogP contribution in [-0.2, 0) is 6.61 Å². The Hall–Kier alpha value is -1.09. The van der Waals surface area contributed by atoms with Crippen LogP contribution in [0.3, 0.4) is 0 Å². The molecule has 1 saturated carbocycles. The largest absolute Gasteiger partial charge is 0.392 e. The molecule has 98 valence electrons. The first kappa shape index (κ1) is 12.0. The van der Waals surface area contributed by atoms with Crippen LogP contribution in [-0.4, -0.2) is 17.7 Å². The molecule has 1 N–H and O–H groups in total. The van der Waals surface area contributed by atoms with Gasteiger partial charge in [-0.25, -0.2) is 4.39 Å². The van der Waals surface area contributed by atoms with Crippen molar-refractivity contribution in [2.75, 3.05) is 11.4 Å². The van der Waals surface area contributed by atoms with Crippen LogP contribution < -0.4 is 4.90 Å². The van der Waals surface area contributed by atoms with E-state index in [4.69, 9.17) is 5.11 Å². The zero-order valence-corrected chi connectivity index (χ0v) is 10.6. The summed E-state index contributed by atoms with van der Waals surface area (Å²) in [7, 11) is 0. The summed E-state index contributed by atoms with van der Waals surface area (Å²) in [6.07, 6.45) is 6.31. The summed E-state index contributed by atoms with van der Waals surface area (Å²) in [6.45, 7) is 0.883. The van der Waals surface area contributed by atoms with Crippen LogP contribution >= 0.6 is 0 Å². The highest BCUT2D eigenvalue weighted by Gasteiger charge is 2.36. The fourth-order valence-electron chi connectivity index (χ4n) is 3.59. The number of fused-ring (bicyclic) bond motifs is 1. The van der Waals surface area contributed by atoms with Crippen molar-refractivity contribution in [2.45, 2.75) is 44.8 Å². The number of halogens is 1. The molecule has 1 aliphatic heterocycles. The molecular weight excluding hydrogens is 229 g/mol. The van der Waals surface area contributed by atoms with Gasteiger partial charge in [-0.1, -0.05) is 18.9 Å². The second-order valence-electron chi connectivity index (χ2n) is 5.54. The molecule has 0 radical (unpaired) electrons. The molecule has 2 atom stereocenters. The van der Waals surface area contributed by atoms with Gasteiger partial charge in [0, 0.05) is 12.6 Å². The van der Waals surface area contributed by atoms with Crippen molar-refractivity contribution in [3.8, 4) is 0 Å². The van der Waals surface area contributed by atoms with Crippen LogP contribution in [0.1, 0.15) is 37.7 Å². The summed E-state index contributed by atoms with van der Waals surface area (Å²) in [5.74, 6) is 0.573. The molecule has 0 aromatic heterocycles. The molecule has 0 amide bonds. The van der Waals surface area contributed by atoms with Gasteiger partial charge < -0.3 is 10.0 Å². The van der Waals surface area contributed by atoms with E-state index in [2.05, 4.69) is 4.90 Å². The smallest absolute Gasteiger partial charge is 0.146 e. The van der Waals surface area contributed by atoms with E-state index < -0.39 is 0 Å². The molecule has 18 heavy (non-hydrogen) atoms. The Balaban J connectivity index is 1.86. The van der Waals surface area contributed by atoms with E-state index in [1.807, 2.05) is 12.1 Å². The van der Waals surface area contributed by atoms with Gasteiger partial charge in [-0.15, -0.1) is 0 Å². The third kappa shape index (κ3) is 2.01. The molecule has 0 bridgehead atoms. The topological polar surface area (TPSA) is 23.5 Å². The number of hydrogen-bond acceptors (Lipinski definition) is 2. The molecule has 1 heterocycles. The lowest BCUT2D eigenvalue weighted by Gasteiger charge is -2.33. The average Bonchev–Trinajstić information content (AvgIpc) is 2.82. The van der Waals surface area contributed by atoms with E-state index in [0.29, 0.717) is 11.6 Å². The Morgan fingerprint density at radius 2 is 2.06 bits per heavy atom. The minimum atomic E-state index is -0.187. The summed E-state index contributed by atoms with van der Waals surface area (Å²) in [6, 6.07) is 5.66. The number of aliphatic hydroxyl groups excluding tert-OH is 1. The van der Waals surface area contributed by atoms with Crippen molar-refractivity contribution in [1.82, 2.24) is 0 Å². The molecule has 3 heteroatoms. The summed E-state index contributed by atoms with van der Waals surface area (Å²) >= 11 is 0. The summed E-state index contributed by atoms with van der Waals surface area (Å²) in [5, 5.41) is 9.03. The van der Waals surface area contributed by atoms with Gasteiger partial charge in [0.2, 0.25) is 0 Å². The van der Waals surface area contributed by atoms with Crippen molar-refractivity contribution in [3.63, 3.8) is 0 Å². The van der Waals surface area contributed by atoms with Crippen molar-refractivity contribution in [3.05, 3.63) is 29.6 Å². The maximum Gasteiger partial charge on any atom is 0.146 e. The number of aliphatic hydroxyl groups is 1. The van der Waals surface area contributed by atoms with E-state index >= 15 is 0 Å². The predicted octanol–water partition coefficient (Wildman–Crippen LogP) is 3.09. The molecule has 2 fully saturated rings. The number of anilines is 1. The predicted molar refractivity (Wildman–Crippen MR) is 70.0 cm³/mol. The fraction of sp³-hybridized carbons (Fsp3) is 0.600. The van der Waals surface area contributed by atoms with Crippen LogP contribution in [0.15, 0.2) is 18.2 Å². The van der Waals surface area contributed by atoms with E-state index in [-0.39, 0.29) is 12.4 Å². The first-order valence-electron chi connectivity index (χ1n) is 6.95. The summed E-state index contributed by atoms with van der Waals surface area (Å²) in [4.78, 5) is 2.25. The lowest BCUT2D eigenvalue weighted by molar-refractivity contribution is 0.281. The van der Waals surface area contributed by atoms with E-state index in [1.54, 1.807) is 0 Å². The van der Waals surface area contributed by atoms with Gasteiger partial charge in [0.25, 0.3) is 0 Å². The van der Waals surface area contributed by atoms with Gasteiger partial charge in [0.15, 0.2) is 0 Å². The van der Waals surface area contributed by atoms with Crippen molar-refractivity contribution in [2.24, 2.45) is 5.92 Å². The van der Waals surface area contributed by atoms with E-state index in [1.165, 1.54) is 38.2 Å². The van der Waals surface area contributed by atoms with Gasteiger partial charge in [-0.2, -0.15) is 0 Å². The first-order chi connectivity index (χ1) is 8.79. The number of rotatable bonds is 2. The first-order valence-corrected chi connectivity index (χ1v) is 6.95. The zero-order valence-electron chi connectivity index (χ0n) is 10.6. The third-order valence-electron chi connectivity index (χ3n) is 4.51. The van der Waals surface area contributed by atoms with Gasteiger partial charge in [0.1, 0.15) is 5.82 Å². The lowest BCUT2D eigenvalue weighted by atomic mass is 9.85. The van der Waals surface area contributed by atoms with Crippen molar-refractivity contribution < 1.29 is 9.50 Å². The monoisotopic (exact) mass is 249 g/mol. The van der Waals surface area contributed by atoms with Crippen molar-refractivity contribution in [1.29, 1.82) is 0 Å². The molecule has 0 spiro atoms. The Bertz CT molecular complexity index is 435. The fourth-order valence-corrected chi connectivity index (χ4v) is 3.59. The van der Waals surface area contributed by atoms with Gasteiger partial charge in [-0.05, 0) is 42.9 Å². The minimum Gasteiger partial charge on any atom is -0.392 e. The maximum absolute atomic E-state index is 14.1. The molecule has 2 aliphatic rings. The molecule has 3 rings (SSSR count). The Morgan fingerprint density at radius 1 is 1.22 bits per heavy atom. The molecule has 2 nitrogen and oxygen atoms in total. The van der Waals surface area contributed by atoms with Crippen molar-refractivity contribution >= 4 is 5.69 Å². The van der Waals surface area contributed by atoms with Crippen LogP contribution in [0, 0.1) is 11.7 Å². The normalized spacial score (nSPS) is 27.3. The van der Waals surface area contributed by atoms with E-state index in [0.717, 1.165) is 18.2 Å². The molecule has 1 aliphatic carbocycles. The summed E-state index contributed by atoms with van der Waals surface area (Å²) in [5.41, 5.74) is 1.37. The Labute approximate surface area is 107 Å². The molecule has 1 aromatic rings. The highest BCUT2D eigenvalue weighted by molar-refractivity contribution is 5.51. The molecule has 1 aromatic carbocycles. The van der Waals surface area contributed by atoms with Crippen LogP contribution in [0.25, 0.3) is 0 Å². The standard InChI is InChI=1S/C15H20FNO/c16-13-9-11(10-18)5-6-15(13)17-8-7-12-3-1-2-4-14(12)17/h5-6,9,12,14,18H,1-4,7-8,10H2. The van der Waals surface area contributed by atoms with Gasteiger partial charge in [-0.3, -0.25) is 0 Å². The van der Waals surface area contributed by atoms with Crippen LogP contribution in [0.5, 0.6) is 0 Å². The number of hydrogen-bond donors (Lipinski definition) is 1. The highest BCUT2D eigenvalue weighted by atomic mass is 19.1. The molecule has 2 unspecified atom stereocenters. The maximum atomic E-state index is 14.1. The van der Waals surface area contributed by atoms with E-state index in [9.17, 15) is 4.39 Å². The highest BCUT2D eigenvalue weighted by Crippen LogP contribution is 2.39. The van der Waals surface area contributed by atoms with Gasteiger partial charge >= 0.3 is 0 Å². The lowest BCUT2D eigenvalue weighted by Crippen LogP contribution is -2.35. The number of benzene rings is 1. The third-order valence-corrected chi connectivity index (χ3v) is 4.51. The minimum absolute atomic E-state index is 0.0940. The SMILES string of the molecule is OCc1ccc(N2CCC3CCCCC32)c(F)c1. The molecular formula is C15H20FNO. The molecule has 1 saturated heterocycles. The second kappa shape index (κ2) is 4.88. The van der Waals surface area contributed by atoms with Crippen LogP contribution in [0.2, 0.25) is 0 Å². The Kier molecular flexibility index (Phi) is 3.25. The quantitative estimate of drug-likeness (QED) is 0.870. The van der Waals surface area contributed by atoms with Gasteiger partial charge in [0.05, 0.1) is 12.3 Å². The summed E-state index contributed by atoms with van der Waals surface area (Å²) < 4.78 is 14.1. The zero-order chi connectivity index (χ0) is 12.5. The van der Waals surface area contributed by atoms with Crippen LogP contribution in [0.4, 0.5) is 10.1 Å².